The molecule has 1 aliphatic heterocycles. The highest BCUT2D eigenvalue weighted by Gasteiger charge is 2.32. The molecule has 1 unspecified atom stereocenters. The van der Waals surface area contributed by atoms with Crippen molar-refractivity contribution in [3.8, 4) is 0 Å². The van der Waals surface area contributed by atoms with Crippen molar-refractivity contribution < 1.29 is 14.0 Å². The Bertz CT molecular complexity index is 1020. The SMILES string of the molecule is C=CC(=O)NCc1ccccc1C(=O)N1CCCCC1c1nc2ccccc2o1. The molecule has 29 heavy (non-hydrogen) atoms. The first-order valence-corrected chi connectivity index (χ1v) is 9.82. The summed E-state index contributed by atoms with van der Waals surface area (Å²) in [6.45, 7) is 4.38. The lowest BCUT2D eigenvalue weighted by Gasteiger charge is -2.34. The predicted octanol–water partition coefficient (Wildman–Crippen LogP) is 4.00. The van der Waals surface area contributed by atoms with Crippen LogP contribution in [0.3, 0.4) is 0 Å². The number of benzene rings is 2. The van der Waals surface area contributed by atoms with Crippen molar-refractivity contribution in [2.24, 2.45) is 0 Å². The number of amides is 2. The molecule has 1 atom stereocenters. The van der Waals surface area contributed by atoms with Crippen LogP contribution in [-0.4, -0.2) is 28.2 Å². The van der Waals surface area contributed by atoms with E-state index in [1.807, 2.05) is 47.4 Å². The zero-order chi connectivity index (χ0) is 20.2. The fourth-order valence-electron chi connectivity index (χ4n) is 3.76. The summed E-state index contributed by atoms with van der Waals surface area (Å²) in [5.41, 5.74) is 2.88. The van der Waals surface area contributed by atoms with E-state index in [1.54, 1.807) is 6.07 Å². The Labute approximate surface area is 169 Å². The van der Waals surface area contributed by atoms with Crippen LogP contribution in [0.5, 0.6) is 0 Å². The Kier molecular flexibility index (Phi) is 5.42. The fraction of sp³-hybridized carbons (Fsp3) is 0.261. The highest BCUT2D eigenvalue weighted by Crippen LogP contribution is 2.33. The van der Waals surface area contributed by atoms with Crippen LogP contribution < -0.4 is 5.32 Å². The second kappa shape index (κ2) is 8.31. The largest absolute Gasteiger partial charge is 0.438 e. The Morgan fingerprint density at radius 3 is 2.79 bits per heavy atom. The minimum absolute atomic E-state index is 0.0691. The van der Waals surface area contributed by atoms with Gasteiger partial charge in [-0.15, -0.1) is 0 Å². The van der Waals surface area contributed by atoms with Crippen molar-refractivity contribution in [2.45, 2.75) is 31.8 Å². The van der Waals surface area contributed by atoms with Gasteiger partial charge in [0.2, 0.25) is 11.8 Å². The van der Waals surface area contributed by atoms with Crippen LogP contribution >= 0.6 is 0 Å². The van der Waals surface area contributed by atoms with E-state index in [-0.39, 0.29) is 24.4 Å². The summed E-state index contributed by atoms with van der Waals surface area (Å²) in [6.07, 6.45) is 3.99. The van der Waals surface area contributed by atoms with Crippen molar-refractivity contribution >= 4 is 22.9 Å². The van der Waals surface area contributed by atoms with Gasteiger partial charge in [-0.2, -0.15) is 0 Å². The zero-order valence-corrected chi connectivity index (χ0v) is 16.1. The van der Waals surface area contributed by atoms with Crippen LogP contribution in [-0.2, 0) is 11.3 Å². The molecule has 6 heteroatoms. The number of nitrogens with one attached hydrogen (secondary N) is 1. The summed E-state index contributed by atoms with van der Waals surface area (Å²) in [5, 5.41) is 2.75. The van der Waals surface area contributed by atoms with Crippen LogP contribution in [0.1, 0.15) is 47.1 Å². The molecular formula is C23H23N3O3. The van der Waals surface area contributed by atoms with Crippen LogP contribution in [0.25, 0.3) is 11.1 Å². The molecule has 2 aromatic carbocycles. The predicted molar refractivity (Wildman–Crippen MR) is 110 cm³/mol. The Morgan fingerprint density at radius 1 is 1.17 bits per heavy atom. The summed E-state index contributed by atoms with van der Waals surface area (Å²) in [4.78, 5) is 31.5. The first-order valence-electron chi connectivity index (χ1n) is 9.82. The van der Waals surface area contributed by atoms with E-state index < -0.39 is 0 Å². The second-order valence-corrected chi connectivity index (χ2v) is 7.11. The van der Waals surface area contributed by atoms with E-state index in [2.05, 4.69) is 16.9 Å². The summed E-state index contributed by atoms with van der Waals surface area (Å²) in [7, 11) is 0. The summed E-state index contributed by atoms with van der Waals surface area (Å²) >= 11 is 0. The van der Waals surface area contributed by atoms with E-state index in [4.69, 9.17) is 4.42 Å². The number of hydrogen-bond acceptors (Lipinski definition) is 4. The maximum Gasteiger partial charge on any atom is 0.254 e. The van der Waals surface area contributed by atoms with Crippen molar-refractivity contribution in [3.63, 3.8) is 0 Å². The minimum Gasteiger partial charge on any atom is -0.438 e. The van der Waals surface area contributed by atoms with Crippen molar-refractivity contribution in [1.29, 1.82) is 0 Å². The number of rotatable bonds is 5. The molecule has 4 rings (SSSR count). The molecule has 0 aliphatic carbocycles. The lowest BCUT2D eigenvalue weighted by Crippen LogP contribution is -2.39. The number of piperidine rings is 1. The molecule has 3 aromatic rings. The average molecular weight is 389 g/mol. The van der Waals surface area contributed by atoms with Crippen LogP contribution in [0.15, 0.2) is 65.6 Å². The third-order valence-electron chi connectivity index (χ3n) is 5.25. The first kappa shape index (κ1) is 18.9. The fourth-order valence-corrected chi connectivity index (χ4v) is 3.76. The number of carbonyl (C=O) groups excluding carboxylic acids is 2. The number of nitrogens with zero attached hydrogens (tertiary/aromatic N) is 2. The Balaban J connectivity index is 1.62. The summed E-state index contributed by atoms with van der Waals surface area (Å²) in [6, 6.07) is 14.8. The van der Waals surface area contributed by atoms with Crippen LogP contribution in [0.4, 0.5) is 0 Å². The molecule has 0 saturated carbocycles. The van der Waals surface area contributed by atoms with Crippen LogP contribution in [0.2, 0.25) is 0 Å². The van der Waals surface area contributed by atoms with E-state index in [0.29, 0.717) is 18.0 Å². The standard InChI is InChI=1S/C23H23N3O3/c1-2-21(27)24-15-16-9-3-4-10-17(16)23(28)26-14-8-7-12-19(26)22-25-18-11-5-6-13-20(18)29-22/h2-6,9-11,13,19H,1,7-8,12,14-15H2,(H,24,27). The number of para-hydroxylation sites is 2. The molecule has 1 fully saturated rings. The van der Waals surface area contributed by atoms with Gasteiger partial charge in [0.15, 0.2) is 5.58 Å². The normalized spacial score (nSPS) is 16.6. The second-order valence-electron chi connectivity index (χ2n) is 7.11. The van der Waals surface area contributed by atoms with Gasteiger partial charge in [0.25, 0.3) is 5.91 Å². The molecular weight excluding hydrogens is 366 g/mol. The lowest BCUT2D eigenvalue weighted by molar-refractivity contribution is -0.116. The number of likely N-dealkylation sites (tertiary alicyclic amines) is 1. The van der Waals surface area contributed by atoms with Gasteiger partial charge in [-0.05, 0) is 49.1 Å². The summed E-state index contributed by atoms with van der Waals surface area (Å²) in [5.74, 6) is 0.242. The van der Waals surface area contributed by atoms with E-state index >= 15 is 0 Å². The molecule has 1 aromatic heterocycles. The third-order valence-corrected chi connectivity index (χ3v) is 5.25. The minimum atomic E-state index is -0.269. The molecule has 0 radical (unpaired) electrons. The number of aromatic nitrogens is 1. The first-order chi connectivity index (χ1) is 14.2. The van der Waals surface area contributed by atoms with Gasteiger partial charge in [-0.25, -0.2) is 4.98 Å². The Hall–Kier alpha value is -3.41. The van der Waals surface area contributed by atoms with Crippen molar-refractivity contribution in [3.05, 3.63) is 78.2 Å². The van der Waals surface area contributed by atoms with E-state index in [9.17, 15) is 9.59 Å². The van der Waals surface area contributed by atoms with Gasteiger partial charge in [-0.3, -0.25) is 9.59 Å². The zero-order valence-electron chi connectivity index (χ0n) is 16.1. The topological polar surface area (TPSA) is 75.4 Å². The molecule has 2 heterocycles. The van der Waals surface area contributed by atoms with Gasteiger partial charge >= 0.3 is 0 Å². The van der Waals surface area contributed by atoms with E-state index in [1.165, 1.54) is 6.08 Å². The highest BCUT2D eigenvalue weighted by molar-refractivity contribution is 5.96. The molecule has 2 amide bonds. The molecule has 6 nitrogen and oxygen atoms in total. The van der Waals surface area contributed by atoms with Crippen molar-refractivity contribution in [2.75, 3.05) is 6.54 Å². The lowest BCUT2D eigenvalue weighted by atomic mass is 9.99. The Morgan fingerprint density at radius 2 is 1.97 bits per heavy atom. The van der Waals surface area contributed by atoms with Gasteiger partial charge in [-0.1, -0.05) is 36.9 Å². The molecule has 0 bridgehead atoms. The van der Waals surface area contributed by atoms with E-state index in [0.717, 1.165) is 35.9 Å². The molecule has 1 aliphatic rings. The number of fused-ring (bicyclic) bond motifs is 1. The average Bonchev–Trinajstić information content (AvgIpc) is 3.21. The summed E-state index contributed by atoms with van der Waals surface area (Å²) < 4.78 is 5.97. The molecule has 1 N–H and O–H groups in total. The smallest absolute Gasteiger partial charge is 0.254 e. The van der Waals surface area contributed by atoms with Gasteiger partial charge in [0.1, 0.15) is 11.6 Å². The maximum absolute atomic E-state index is 13.5. The highest BCUT2D eigenvalue weighted by atomic mass is 16.3. The monoisotopic (exact) mass is 389 g/mol. The van der Waals surface area contributed by atoms with Crippen molar-refractivity contribution in [1.82, 2.24) is 15.2 Å². The van der Waals surface area contributed by atoms with Gasteiger partial charge in [0, 0.05) is 18.7 Å². The molecule has 1 saturated heterocycles. The third kappa shape index (κ3) is 3.92. The van der Waals surface area contributed by atoms with Gasteiger partial charge < -0.3 is 14.6 Å². The van der Waals surface area contributed by atoms with Crippen LogP contribution in [0, 0.1) is 0 Å². The maximum atomic E-state index is 13.5. The number of hydrogen-bond donors (Lipinski definition) is 1. The quantitative estimate of drug-likeness (QED) is 0.670. The molecule has 148 valence electrons. The molecule has 0 spiro atoms. The number of oxazole rings is 1. The van der Waals surface area contributed by atoms with Gasteiger partial charge in [0.05, 0.1) is 0 Å². The number of carbonyl (C=O) groups is 2.